The highest BCUT2D eigenvalue weighted by atomic mass is 32.2. The molecular formula is C40H54N2O4S2. The van der Waals surface area contributed by atoms with Crippen molar-refractivity contribution in [2.24, 2.45) is 18.9 Å². The molecule has 6 nitrogen and oxygen atoms in total. The van der Waals surface area contributed by atoms with Crippen LogP contribution in [-0.4, -0.2) is 50.9 Å². The molecule has 0 saturated heterocycles. The number of hydrogen-bond acceptors (Lipinski definition) is 5. The van der Waals surface area contributed by atoms with Crippen LogP contribution in [0.25, 0.3) is 27.8 Å². The normalized spacial score (nSPS) is 21.9. The zero-order valence-electron chi connectivity index (χ0n) is 29.3. The lowest BCUT2D eigenvalue weighted by Crippen LogP contribution is -2.42. The van der Waals surface area contributed by atoms with E-state index in [-0.39, 0.29) is 35.3 Å². The van der Waals surface area contributed by atoms with Gasteiger partial charge < -0.3 is 9.47 Å². The number of sulfone groups is 2. The average molecular weight is 691 g/mol. The molecule has 2 heterocycles. The van der Waals surface area contributed by atoms with Crippen LogP contribution in [0.1, 0.15) is 108 Å². The average Bonchev–Trinajstić information content (AvgIpc) is 3.61. The fourth-order valence-corrected chi connectivity index (χ4v) is 11.9. The predicted molar refractivity (Wildman–Crippen MR) is 201 cm³/mol. The Morgan fingerprint density at radius 3 is 2.00 bits per heavy atom. The van der Waals surface area contributed by atoms with E-state index in [4.69, 9.17) is 0 Å². The summed E-state index contributed by atoms with van der Waals surface area (Å²) in [5.74, 6) is 0.765. The molecule has 1 aromatic heterocycles. The highest BCUT2D eigenvalue weighted by Gasteiger charge is 2.45. The summed E-state index contributed by atoms with van der Waals surface area (Å²) in [4.78, 5) is 2.04. The lowest BCUT2D eigenvalue weighted by molar-refractivity contribution is 0.230. The van der Waals surface area contributed by atoms with Crippen molar-refractivity contribution in [2.75, 3.05) is 18.6 Å². The Kier molecular flexibility index (Phi) is 10.6. The van der Waals surface area contributed by atoms with Crippen LogP contribution in [0.15, 0.2) is 64.7 Å². The number of benzene rings is 2. The van der Waals surface area contributed by atoms with Crippen molar-refractivity contribution in [2.45, 2.75) is 108 Å². The Morgan fingerprint density at radius 2 is 1.31 bits per heavy atom. The summed E-state index contributed by atoms with van der Waals surface area (Å²) in [7, 11) is -2.91. The number of nitrogens with zero attached hydrogens (tertiary/aromatic N) is 2. The Bertz CT molecular complexity index is 1950. The summed E-state index contributed by atoms with van der Waals surface area (Å²) in [5, 5.41) is 4.00. The predicted octanol–water partition coefficient (Wildman–Crippen LogP) is 9.31. The largest absolute Gasteiger partial charge is 0.361 e. The van der Waals surface area contributed by atoms with Crippen molar-refractivity contribution in [3.63, 3.8) is 0 Å². The number of rotatable bonds is 16. The van der Waals surface area contributed by atoms with Crippen LogP contribution in [0, 0.1) is 11.8 Å². The zero-order chi connectivity index (χ0) is 34.1. The zero-order valence-corrected chi connectivity index (χ0v) is 31.0. The second-order valence-electron chi connectivity index (χ2n) is 14.4. The summed E-state index contributed by atoms with van der Waals surface area (Å²) >= 11 is 0. The van der Waals surface area contributed by atoms with Crippen LogP contribution >= 0.6 is 0 Å². The second kappa shape index (κ2) is 14.6. The quantitative estimate of drug-likeness (QED) is 0.111. The lowest BCUT2D eigenvalue weighted by Gasteiger charge is -2.41. The van der Waals surface area contributed by atoms with Gasteiger partial charge in [0.1, 0.15) is 10.1 Å². The fourth-order valence-electron chi connectivity index (χ4n) is 8.54. The van der Waals surface area contributed by atoms with Crippen molar-refractivity contribution >= 4 is 47.4 Å². The number of fused-ring (bicyclic) bond motifs is 9. The maximum Gasteiger partial charge on any atom is 0.193 e. The van der Waals surface area contributed by atoms with Gasteiger partial charge in [-0.3, -0.25) is 0 Å². The van der Waals surface area contributed by atoms with Crippen molar-refractivity contribution < 1.29 is 16.8 Å². The third-order valence-electron chi connectivity index (χ3n) is 11.1. The van der Waals surface area contributed by atoms with Gasteiger partial charge in [-0.15, -0.1) is 0 Å². The molecule has 6 rings (SSSR count). The summed E-state index contributed by atoms with van der Waals surface area (Å²) in [6.45, 7) is 4.38. The van der Waals surface area contributed by atoms with E-state index in [1.54, 1.807) is 0 Å². The molecule has 3 aliphatic rings. The molecule has 0 bridgehead atoms. The SMILES string of the molecule is CCCCCCCCS(=O)(=O)C1=CC2C=CC3c4ccc5c(ccc6cc(S(=O)(=O)CCCCCCCC)n(C)c65)c4C=CC3C2N1C. The molecule has 0 spiro atoms. The van der Waals surface area contributed by atoms with E-state index in [0.717, 1.165) is 53.8 Å². The third-order valence-corrected chi connectivity index (χ3v) is 14.9. The van der Waals surface area contributed by atoms with Gasteiger partial charge in [0, 0.05) is 48.7 Å². The Morgan fingerprint density at radius 1 is 0.688 bits per heavy atom. The first-order valence-corrected chi connectivity index (χ1v) is 21.7. The van der Waals surface area contributed by atoms with Gasteiger partial charge in [0.15, 0.2) is 19.7 Å². The van der Waals surface area contributed by atoms with E-state index < -0.39 is 19.7 Å². The van der Waals surface area contributed by atoms with Crippen LogP contribution < -0.4 is 0 Å². The second-order valence-corrected chi connectivity index (χ2v) is 18.5. The van der Waals surface area contributed by atoms with Crippen molar-refractivity contribution in [1.82, 2.24) is 9.47 Å². The van der Waals surface area contributed by atoms with Crippen LogP contribution in [0.4, 0.5) is 0 Å². The molecule has 1 aliphatic heterocycles. The Labute approximate surface area is 288 Å². The minimum absolute atomic E-state index is 0.0594. The first-order chi connectivity index (χ1) is 23.1. The molecule has 0 amide bonds. The minimum Gasteiger partial charge on any atom is -0.361 e. The van der Waals surface area contributed by atoms with E-state index in [1.807, 2.05) is 35.7 Å². The molecule has 4 atom stereocenters. The number of allylic oxidation sites excluding steroid dienone is 1. The molecule has 48 heavy (non-hydrogen) atoms. The van der Waals surface area contributed by atoms with Gasteiger partial charge in [0.05, 0.1) is 17.0 Å². The Hall–Kier alpha value is -2.84. The van der Waals surface area contributed by atoms with Crippen molar-refractivity contribution in [1.29, 1.82) is 0 Å². The fraction of sp³-hybridized carbons (Fsp3) is 0.550. The molecule has 2 aliphatic carbocycles. The molecule has 260 valence electrons. The van der Waals surface area contributed by atoms with Gasteiger partial charge in [-0.2, -0.15) is 0 Å². The molecule has 0 saturated carbocycles. The topological polar surface area (TPSA) is 76.5 Å². The van der Waals surface area contributed by atoms with E-state index in [9.17, 15) is 16.8 Å². The smallest absolute Gasteiger partial charge is 0.193 e. The van der Waals surface area contributed by atoms with Gasteiger partial charge in [0.2, 0.25) is 0 Å². The molecular weight excluding hydrogens is 637 g/mol. The molecule has 0 N–H and O–H groups in total. The number of aromatic nitrogens is 1. The molecule has 3 aromatic rings. The molecule has 8 heteroatoms. The first kappa shape index (κ1) is 35.0. The van der Waals surface area contributed by atoms with Crippen molar-refractivity contribution in [3.8, 4) is 0 Å². The minimum atomic E-state index is -3.40. The maximum absolute atomic E-state index is 13.5. The van der Waals surface area contributed by atoms with Gasteiger partial charge in [-0.25, -0.2) is 16.8 Å². The number of hydrogen-bond donors (Lipinski definition) is 0. The van der Waals surface area contributed by atoms with Crippen LogP contribution in [-0.2, 0) is 26.7 Å². The van der Waals surface area contributed by atoms with E-state index in [0.29, 0.717) is 16.5 Å². The summed E-state index contributed by atoms with van der Waals surface area (Å²) in [6.07, 6.45) is 23.6. The lowest BCUT2D eigenvalue weighted by atomic mass is 9.69. The Balaban J connectivity index is 1.22. The molecule has 2 aromatic carbocycles. The van der Waals surface area contributed by atoms with Gasteiger partial charge in [0.25, 0.3) is 0 Å². The number of unbranched alkanes of at least 4 members (excludes halogenated alkanes) is 10. The summed E-state index contributed by atoms with van der Waals surface area (Å²) in [5.41, 5.74) is 3.36. The molecule has 0 radical (unpaired) electrons. The van der Waals surface area contributed by atoms with E-state index in [1.165, 1.54) is 49.7 Å². The van der Waals surface area contributed by atoms with E-state index in [2.05, 4.69) is 62.4 Å². The first-order valence-electron chi connectivity index (χ1n) is 18.4. The van der Waals surface area contributed by atoms with Crippen LogP contribution in [0.2, 0.25) is 0 Å². The van der Waals surface area contributed by atoms with E-state index >= 15 is 0 Å². The highest BCUT2D eigenvalue weighted by molar-refractivity contribution is 7.95. The third kappa shape index (κ3) is 6.68. The monoisotopic (exact) mass is 690 g/mol. The molecule has 4 unspecified atom stereocenters. The van der Waals surface area contributed by atoms with Crippen molar-refractivity contribution in [3.05, 3.63) is 70.8 Å². The number of aryl methyl sites for hydroxylation is 1. The highest BCUT2D eigenvalue weighted by Crippen LogP contribution is 2.49. The van der Waals surface area contributed by atoms with Gasteiger partial charge in [-0.05, 0) is 41.5 Å². The van der Waals surface area contributed by atoms with Crippen LogP contribution in [0.3, 0.4) is 0 Å². The standard InChI is InChI=1S/C40H54N2O4S2/c1-5-7-9-11-13-15-25-47(43,44)37-27-29-17-19-33-31-22-24-36-34(32(31)21-23-35(33)39(29)41(37)3)20-18-30-28-38(42(4)40(30)36)48(45,46)26-16-14-12-10-8-6-2/h17-24,27-29,33,35,39H,5-16,25-26H2,1-4H3. The summed E-state index contributed by atoms with van der Waals surface area (Å²) in [6, 6.07) is 10.5. The summed E-state index contributed by atoms with van der Waals surface area (Å²) < 4.78 is 55.8. The molecule has 0 fully saturated rings. The maximum atomic E-state index is 13.5. The van der Waals surface area contributed by atoms with Gasteiger partial charge in [-0.1, -0.05) is 127 Å². The van der Waals surface area contributed by atoms with Crippen LogP contribution in [0.5, 0.6) is 0 Å². The van der Waals surface area contributed by atoms with Gasteiger partial charge >= 0.3 is 0 Å².